The van der Waals surface area contributed by atoms with Gasteiger partial charge in [0.05, 0.1) is 5.02 Å². The number of ether oxygens (including phenoxy) is 1. The summed E-state index contributed by atoms with van der Waals surface area (Å²) in [6.07, 6.45) is 4.66. The van der Waals surface area contributed by atoms with Crippen LogP contribution in [0.25, 0.3) is 10.9 Å². The maximum absolute atomic E-state index is 12.0. The van der Waals surface area contributed by atoms with Crippen molar-refractivity contribution in [3.8, 4) is 5.75 Å². The minimum atomic E-state index is -0.185. The summed E-state index contributed by atoms with van der Waals surface area (Å²) in [6, 6.07) is 7.13. The predicted molar refractivity (Wildman–Crippen MR) is 107 cm³/mol. The average molecular weight is 409 g/mol. The predicted octanol–water partition coefficient (Wildman–Crippen LogP) is 3.74. The summed E-state index contributed by atoms with van der Waals surface area (Å²) >= 11 is 6.14. The van der Waals surface area contributed by atoms with E-state index >= 15 is 0 Å². The largest absolute Gasteiger partial charge is 0.481 e. The van der Waals surface area contributed by atoms with E-state index in [1.165, 1.54) is 0 Å². The van der Waals surface area contributed by atoms with Gasteiger partial charge in [-0.05, 0) is 30.7 Å². The number of nitrogens with zero attached hydrogens (tertiary/aromatic N) is 1. The third-order valence-corrected chi connectivity index (χ3v) is 3.92. The SMILES string of the molecule is CCCCC(CN)NC(=O)COc1ccc(Cl)c2cccnc12.Cl.Cl. The van der Waals surface area contributed by atoms with Crippen LogP contribution in [0.15, 0.2) is 30.5 Å². The fourth-order valence-electron chi connectivity index (χ4n) is 2.34. The Labute approximate surface area is 165 Å². The number of pyridine rings is 1. The number of carbonyl (C=O) groups excluding carboxylic acids is 1. The number of fused-ring (bicyclic) bond motifs is 1. The van der Waals surface area contributed by atoms with Crippen LogP contribution in [0.5, 0.6) is 5.75 Å². The Morgan fingerprint density at radius 2 is 2.12 bits per heavy atom. The second-order valence-electron chi connectivity index (χ2n) is 5.38. The standard InChI is InChI=1S/C17H22ClN3O2.2ClH/c1-2-3-5-12(10-19)21-16(22)11-23-15-8-7-14(18)13-6-4-9-20-17(13)15;;/h4,6-9,12H,2-3,5,10-11,19H2,1H3,(H,21,22);2*1H. The molecular formula is C17H24Cl3N3O2. The van der Waals surface area contributed by atoms with Crippen LogP contribution < -0.4 is 15.8 Å². The molecule has 1 unspecified atom stereocenters. The fraction of sp³-hybridized carbons (Fsp3) is 0.412. The van der Waals surface area contributed by atoms with Gasteiger partial charge in [0.2, 0.25) is 0 Å². The Bertz CT molecular complexity index is 671. The fourth-order valence-corrected chi connectivity index (χ4v) is 2.56. The normalized spacial score (nSPS) is 11.2. The molecule has 1 aromatic heterocycles. The van der Waals surface area contributed by atoms with Crippen molar-refractivity contribution in [3.63, 3.8) is 0 Å². The lowest BCUT2D eigenvalue weighted by Gasteiger charge is -2.17. The number of carbonyl (C=O) groups is 1. The molecule has 1 heterocycles. The molecule has 0 fully saturated rings. The van der Waals surface area contributed by atoms with Gasteiger partial charge in [0.25, 0.3) is 5.91 Å². The van der Waals surface area contributed by atoms with Crippen LogP contribution in [0.2, 0.25) is 5.02 Å². The molecule has 1 atom stereocenters. The van der Waals surface area contributed by atoms with E-state index < -0.39 is 0 Å². The first kappa shape index (κ1) is 23.7. The first-order chi connectivity index (χ1) is 11.2. The van der Waals surface area contributed by atoms with Gasteiger partial charge in [-0.2, -0.15) is 0 Å². The van der Waals surface area contributed by atoms with Gasteiger partial charge in [0.1, 0.15) is 11.3 Å². The smallest absolute Gasteiger partial charge is 0.258 e. The van der Waals surface area contributed by atoms with Crippen molar-refractivity contribution in [2.24, 2.45) is 5.73 Å². The van der Waals surface area contributed by atoms with Crippen molar-refractivity contribution >= 4 is 53.2 Å². The highest BCUT2D eigenvalue weighted by molar-refractivity contribution is 6.35. The summed E-state index contributed by atoms with van der Waals surface area (Å²) < 4.78 is 5.61. The lowest BCUT2D eigenvalue weighted by atomic mass is 10.1. The number of unbranched alkanes of at least 4 members (excludes halogenated alkanes) is 1. The van der Waals surface area contributed by atoms with E-state index in [1.54, 1.807) is 18.3 Å². The second kappa shape index (κ2) is 12.1. The first-order valence-electron chi connectivity index (χ1n) is 7.81. The van der Waals surface area contributed by atoms with Gasteiger partial charge >= 0.3 is 0 Å². The molecule has 0 radical (unpaired) electrons. The van der Waals surface area contributed by atoms with E-state index in [9.17, 15) is 4.79 Å². The molecule has 0 saturated heterocycles. The van der Waals surface area contributed by atoms with Crippen LogP contribution in [0.1, 0.15) is 26.2 Å². The quantitative estimate of drug-likeness (QED) is 0.697. The minimum absolute atomic E-state index is 0. The summed E-state index contributed by atoms with van der Waals surface area (Å²) in [5.74, 6) is 0.355. The van der Waals surface area contributed by atoms with Crippen molar-refractivity contribution in [1.82, 2.24) is 10.3 Å². The first-order valence-corrected chi connectivity index (χ1v) is 8.19. The molecule has 3 N–H and O–H groups in total. The Kier molecular flexibility index (Phi) is 11.5. The maximum Gasteiger partial charge on any atom is 0.258 e. The number of halogens is 3. The molecule has 0 spiro atoms. The molecule has 140 valence electrons. The van der Waals surface area contributed by atoms with Crippen molar-refractivity contribution in [3.05, 3.63) is 35.5 Å². The van der Waals surface area contributed by atoms with Crippen molar-refractivity contribution in [2.75, 3.05) is 13.2 Å². The summed E-state index contributed by atoms with van der Waals surface area (Å²) in [5.41, 5.74) is 6.33. The van der Waals surface area contributed by atoms with Crippen LogP contribution >= 0.6 is 36.4 Å². The van der Waals surface area contributed by atoms with Gasteiger partial charge in [0.15, 0.2) is 6.61 Å². The van der Waals surface area contributed by atoms with E-state index in [0.29, 0.717) is 22.8 Å². The molecule has 5 nitrogen and oxygen atoms in total. The molecule has 0 aliphatic heterocycles. The zero-order chi connectivity index (χ0) is 16.7. The molecular weight excluding hydrogens is 385 g/mol. The highest BCUT2D eigenvalue weighted by Crippen LogP contribution is 2.29. The Balaban J connectivity index is 0.00000288. The van der Waals surface area contributed by atoms with Crippen LogP contribution in [-0.4, -0.2) is 30.1 Å². The van der Waals surface area contributed by atoms with E-state index in [1.807, 2.05) is 12.1 Å². The lowest BCUT2D eigenvalue weighted by molar-refractivity contribution is -0.123. The van der Waals surface area contributed by atoms with Gasteiger partial charge < -0.3 is 15.8 Å². The van der Waals surface area contributed by atoms with E-state index in [-0.39, 0.29) is 43.4 Å². The number of hydrogen-bond donors (Lipinski definition) is 2. The second-order valence-corrected chi connectivity index (χ2v) is 5.78. The monoisotopic (exact) mass is 407 g/mol. The summed E-state index contributed by atoms with van der Waals surface area (Å²) in [4.78, 5) is 16.3. The molecule has 0 bridgehead atoms. The van der Waals surface area contributed by atoms with E-state index in [0.717, 1.165) is 24.6 Å². The zero-order valence-corrected chi connectivity index (χ0v) is 16.4. The third-order valence-electron chi connectivity index (χ3n) is 3.59. The van der Waals surface area contributed by atoms with Gasteiger partial charge in [-0.15, -0.1) is 24.8 Å². The minimum Gasteiger partial charge on any atom is -0.481 e. The van der Waals surface area contributed by atoms with Gasteiger partial charge in [-0.3, -0.25) is 9.78 Å². The van der Waals surface area contributed by atoms with Gasteiger partial charge in [-0.25, -0.2) is 0 Å². The third kappa shape index (κ3) is 6.86. The molecule has 1 amide bonds. The van der Waals surface area contributed by atoms with E-state index in [4.69, 9.17) is 22.1 Å². The zero-order valence-electron chi connectivity index (χ0n) is 14.0. The van der Waals surface area contributed by atoms with E-state index in [2.05, 4.69) is 17.2 Å². The molecule has 8 heteroatoms. The van der Waals surface area contributed by atoms with Crippen molar-refractivity contribution < 1.29 is 9.53 Å². The number of nitrogens with two attached hydrogens (primary N) is 1. The van der Waals surface area contributed by atoms with Crippen LogP contribution in [0.3, 0.4) is 0 Å². The molecule has 25 heavy (non-hydrogen) atoms. The van der Waals surface area contributed by atoms with Crippen LogP contribution in [-0.2, 0) is 4.79 Å². The lowest BCUT2D eigenvalue weighted by Crippen LogP contribution is -2.42. The van der Waals surface area contributed by atoms with Crippen LogP contribution in [0.4, 0.5) is 0 Å². The molecule has 0 saturated carbocycles. The maximum atomic E-state index is 12.0. The van der Waals surface area contributed by atoms with Gasteiger partial charge in [0, 0.05) is 24.2 Å². The average Bonchev–Trinajstić information content (AvgIpc) is 2.58. The number of rotatable bonds is 8. The summed E-state index contributed by atoms with van der Waals surface area (Å²) in [6.45, 7) is 2.46. The molecule has 2 aromatic rings. The number of hydrogen-bond acceptors (Lipinski definition) is 4. The topological polar surface area (TPSA) is 77.2 Å². The number of aromatic nitrogens is 1. The molecule has 0 aliphatic carbocycles. The highest BCUT2D eigenvalue weighted by Gasteiger charge is 2.12. The number of nitrogens with one attached hydrogen (secondary N) is 1. The number of benzene rings is 1. The summed E-state index contributed by atoms with van der Waals surface area (Å²) in [5, 5.41) is 4.30. The van der Waals surface area contributed by atoms with Crippen molar-refractivity contribution in [2.45, 2.75) is 32.2 Å². The van der Waals surface area contributed by atoms with Crippen molar-refractivity contribution in [1.29, 1.82) is 0 Å². The Morgan fingerprint density at radius 1 is 1.36 bits per heavy atom. The molecule has 2 rings (SSSR count). The number of amides is 1. The van der Waals surface area contributed by atoms with Gasteiger partial charge in [-0.1, -0.05) is 31.4 Å². The molecule has 0 aliphatic rings. The van der Waals surface area contributed by atoms with Crippen LogP contribution in [0, 0.1) is 0 Å². The summed E-state index contributed by atoms with van der Waals surface area (Å²) in [7, 11) is 0. The Hall–Kier alpha value is -1.27. The highest BCUT2D eigenvalue weighted by atomic mass is 35.5. The molecule has 1 aromatic carbocycles. The Morgan fingerprint density at radius 3 is 2.80 bits per heavy atom.